The first kappa shape index (κ1) is 39.2. The minimum atomic E-state index is -1.07. The number of ether oxygens (including phenoxy) is 6. The Bertz CT molecular complexity index is 1490. The fourth-order valence-electron chi connectivity index (χ4n) is 5.33. The summed E-state index contributed by atoms with van der Waals surface area (Å²) in [5.74, 6) is -3.11. The van der Waals surface area contributed by atoms with E-state index in [4.69, 9.17) is 28.4 Å². The number of anilines is 1. The minimum absolute atomic E-state index is 0.0270. The summed E-state index contributed by atoms with van der Waals surface area (Å²) < 4.78 is 32.5. The molecular weight excluding hydrogens is 666 g/mol. The Balaban J connectivity index is 0.927. The van der Waals surface area contributed by atoms with Crippen LogP contribution < -0.4 is 10.6 Å². The van der Waals surface area contributed by atoms with Gasteiger partial charge in [-0.2, -0.15) is 0 Å². The number of fused-ring (bicyclic) bond motifs is 1. The number of rotatable bonds is 24. The van der Waals surface area contributed by atoms with Gasteiger partial charge in [0, 0.05) is 19.4 Å². The van der Waals surface area contributed by atoms with Crippen LogP contribution in [-0.2, 0) is 42.8 Å². The Labute approximate surface area is 296 Å². The van der Waals surface area contributed by atoms with E-state index in [1.807, 2.05) is 6.07 Å². The number of piperidine rings is 1. The smallest absolute Gasteiger partial charge is 0.338 e. The molecule has 1 atom stereocenters. The number of benzene rings is 2. The monoisotopic (exact) mass is 711 g/mol. The van der Waals surface area contributed by atoms with Crippen LogP contribution in [0.1, 0.15) is 69.6 Å². The van der Waals surface area contributed by atoms with E-state index in [1.165, 1.54) is 6.07 Å². The van der Waals surface area contributed by atoms with Crippen LogP contribution in [0, 0.1) is 0 Å². The minimum Gasteiger partial charge on any atom is -0.460 e. The second-order valence-corrected chi connectivity index (χ2v) is 11.6. The van der Waals surface area contributed by atoms with E-state index in [-0.39, 0.29) is 54.6 Å². The van der Waals surface area contributed by atoms with Crippen molar-refractivity contribution in [1.29, 1.82) is 0 Å². The third-order valence-corrected chi connectivity index (χ3v) is 7.89. The Morgan fingerprint density at radius 3 is 1.92 bits per heavy atom. The Kier molecular flexibility index (Phi) is 16.6. The van der Waals surface area contributed by atoms with Gasteiger partial charge in [0.2, 0.25) is 17.7 Å². The summed E-state index contributed by atoms with van der Waals surface area (Å²) in [6, 6.07) is 12.3. The van der Waals surface area contributed by atoms with Gasteiger partial charge in [-0.3, -0.25) is 34.2 Å². The molecule has 2 heterocycles. The van der Waals surface area contributed by atoms with Crippen molar-refractivity contribution in [3.8, 4) is 0 Å². The maximum atomic E-state index is 13.2. The van der Waals surface area contributed by atoms with Crippen LogP contribution >= 0.6 is 0 Å². The van der Waals surface area contributed by atoms with Crippen molar-refractivity contribution in [2.24, 2.45) is 0 Å². The van der Waals surface area contributed by atoms with Gasteiger partial charge in [-0.1, -0.05) is 30.7 Å². The summed E-state index contributed by atoms with van der Waals surface area (Å²) in [6.07, 6.45) is 2.43. The molecule has 1 fully saturated rings. The molecule has 2 aliphatic heterocycles. The lowest BCUT2D eigenvalue weighted by Crippen LogP contribution is -2.54. The van der Waals surface area contributed by atoms with Gasteiger partial charge in [0.25, 0.3) is 11.8 Å². The second kappa shape index (κ2) is 21.6. The quantitative estimate of drug-likeness (QED) is 0.0923. The SMILES string of the molecule is O=C1CCC(N2C(=O)c3cccc(NC(=O)CCCCCOCCOCCOCCOCCOCCOC(=O)c4ccccc4)c3C2=O)C(=O)N1. The molecule has 0 saturated carbocycles. The third-order valence-electron chi connectivity index (χ3n) is 7.89. The van der Waals surface area contributed by atoms with Crippen molar-refractivity contribution in [1.82, 2.24) is 10.2 Å². The molecule has 0 bridgehead atoms. The Morgan fingerprint density at radius 2 is 1.29 bits per heavy atom. The molecule has 15 nitrogen and oxygen atoms in total. The number of esters is 1. The number of carbonyl (C=O) groups excluding carboxylic acids is 6. The van der Waals surface area contributed by atoms with Crippen molar-refractivity contribution in [2.75, 3.05) is 78.0 Å². The molecule has 276 valence electrons. The van der Waals surface area contributed by atoms with Gasteiger partial charge in [-0.25, -0.2) is 4.79 Å². The highest BCUT2D eigenvalue weighted by Crippen LogP contribution is 2.32. The maximum Gasteiger partial charge on any atom is 0.338 e. The molecule has 51 heavy (non-hydrogen) atoms. The number of unbranched alkanes of at least 4 members (excludes halogenated alkanes) is 2. The molecule has 0 aromatic heterocycles. The summed E-state index contributed by atoms with van der Waals surface area (Å²) in [7, 11) is 0. The highest BCUT2D eigenvalue weighted by Gasteiger charge is 2.45. The fraction of sp³-hybridized carbons (Fsp3) is 0.500. The Morgan fingerprint density at radius 1 is 0.686 bits per heavy atom. The molecule has 5 amide bonds. The summed E-state index contributed by atoms with van der Waals surface area (Å²) in [4.78, 5) is 75.2. The topological polar surface area (TPSA) is 185 Å². The molecule has 2 N–H and O–H groups in total. The van der Waals surface area contributed by atoms with E-state index in [0.717, 1.165) is 17.7 Å². The first-order valence-corrected chi connectivity index (χ1v) is 17.1. The van der Waals surface area contributed by atoms with Gasteiger partial charge in [0.1, 0.15) is 12.6 Å². The van der Waals surface area contributed by atoms with E-state index in [2.05, 4.69) is 10.6 Å². The molecule has 2 aromatic rings. The average Bonchev–Trinajstić information content (AvgIpc) is 3.38. The van der Waals surface area contributed by atoms with Gasteiger partial charge >= 0.3 is 5.97 Å². The van der Waals surface area contributed by atoms with Crippen LogP contribution in [0.5, 0.6) is 0 Å². The highest BCUT2D eigenvalue weighted by atomic mass is 16.6. The molecule has 1 saturated heterocycles. The van der Waals surface area contributed by atoms with Crippen LogP contribution in [-0.4, -0.2) is 119 Å². The number of amides is 5. The summed E-state index contributed by atoms with van der Waals surface area (Å²) in [6.45, 7) is 4.40. The first-order chi connectivity index (χ1) is 24.9. The van der Waals surface area contributed by atoms with Crippen molar-refractivity contribution in [2.45, 2.75) is 44.6 Å². The fourth-order valence-corrected chi connectivity index (χ4v) is 5.33. The molecular formula is C36H45N3O12. The predicted octanol–water partition coefficient (Wildman–Crippen LogP) is 2.53. The lowest BCUT2D eigenvalue weighted by molar-refractivity contribution is -0.136. The largest absolute Gasteiger partial charge is 0.460 e. The van der Waals surface area contributed by atoms with Crippen LogP contribution in [0.2, 0.25) is 0 Å². The van der Waals surface area contributed by atoms with Gasteiger partial charge in [-0.15, -0.1) is 0 Å². The van der Waals surface area contributed by atoms with Crippen LogP contribution in [0.15, 0.2) is 48.5 Å². The number of imide groups is 2. The maximum absolute atomic E-state index is 13.2. The van der Waals surface area contributed by atoms with Crippen LogP contribution in [0.4, 0.5) is 5.69 Å². The second-order valence-electron chi connectivity index (χ2n) is 11.6. The highest BCUT2D eigenvalue weighted by molar-refractivity contribution is 6.26. The zero-order chi connectivity index (χ0) is 36.3. The summed E-state index contributed by atoms with van der Waals surface area (Å²) >= 11 is 0. The van der Waals surface area contributed by atoms with Gasteiger partial charge < -0.3 is 33.7 Å². The first-order valence-electron chi connectivity index (χ1n) is 17.1. The molecule has 1 unspecified atom stereocenters. The number of carbonyl (C=O) groups is 6. The predicted molar refractivity (Wildman–Crippen MR) is 181 cm³/mol. The van der Waals surface area contributed by atoms with E-state index < -0.39 is 29.7 Å². The third kappa shape index (κ3) is 12.6. The molecule has 2 aromatic carbocycles. The zero-order valence-electron chi connectivity index (χ0n) is 28.6. The van der Waals surface area contributed by atoms with E-state index >= 15 is 0 Å². The van der Waals surface area contributed by atoms with Crippen molar-refractivity contribution in [3.05, 3.63) is 65.2 Å². The number of hydrogen-bond acceptors (Lipinski definition) is 12. The standard InChI is InChI=1S/C36H45N3O12/c40-30(37-28-11-7-10-27-32(28)35(44)39(34(27)43)29-13-14-31(41)38-33(29)42)12-5-2-6-15-46-16-17-47-18-19-48-20-21-49-22-23-50-24-25-51-36(45)26-8-3-1-4-9-26/h1,3-4,7-11,29H,2,5-6,12-25H2,(H,37,40)(H,38,41,42). The van der Waals surface area contributed by atoms with Gasteiger partial charge in [-0.05, 0) is 43.5 Å². The van der Waals surface area contributed by atoms with E-state index in [9.17, 15) is 28.8 Å². The van der Waals surface area contributed by atoms with Crippen LogP contribution in [0.25, 0.3) is 0 Å². The van der Waals surface area contributed by atoms with Crippen LogP contribution in [0.3, 0.4) is 0 Å². The zero-order valence-corrected chi connectivity index (χ0v) is 28.6. The molecule has 2 aliphatic rings. The lowest BCUT2D eigenvalue weighted by atomic mass is 10.0. The number of nitrogens with one attached hydrogen (secondary N) is 2. The van der Waals surface area contributed by atoms with Crippen molar-refractivity contribution >= 4 is 41.2 Å². The normalized spacial score (nSPS) is 15.5. The average molecular weight is 712 g/mol. The lowest BCUT2D eigenvalue weighted by Gasteiger charge is -2.27. The number of nitrogens with zero attached hydrogens (tertiary/aromatic N) is 1. The van der Waals surface area contributed by atoms with E-state index in [1.54, 1.807) is 36.4 Å². The molecule has 0 spiro atoms. The molecule has 15 heteroatoms. The summed E-state index contributed by atoms with van der Waals surface area (Å²) in [5.41, 5.74) is 0.879. The van der Waals surface area contributed by atoms with Gasteiger partial charge in [0.15, 0.2) is 0 Å². The number of hydrogen-bond donors (Lipinski definition) is 2. The molecule has 0 aliphatic carbocycles. The Hall–Kier alpha value is -4.54. The van der Waals surface area contributed by atoms with Gasteiger partial charge in [0.05, 0.1) is 81.8 Å². The molecule has 4 rings (SSSR count). The summed E-state index contributed by atoms with van der Waals surface area (Å²) in [5, 5.41) is 4.89. The molecule has 0 radical (unpaired) electrons. The van der Waals surface area contributed by atoms with Crippen molar-refractivity contribution < 1.29 is 57.2 Å². The van der Waals surface area contributed by atoms with Crippen molar-refractivity contribution in [3.63, 3.8) is 0 Å². The van der Waals surface area contributed by atoms with E-state index in [0.29, 0.717) is 78.1 Å².